The molecule has 0 radical (unpaired) electrons. The van der Waals surface area contributed by atoms with Crippen molar-refractivity contribution in [1.82, 2.24) is 19.9 Å². The zero-order valence-corrected chi connectivity index (χ0v) is 30.9. The lowest BCUT2D eigenvalue weighted by Crippen LogP contribution is -2.11. The molecule has 0 saturated heterocycles. The van der Waals surface area contributed by atoms with E-state index in [1.807, 2.05) is 60.7 Å². The van der Waals surface area contributed by atoms with Crippen molar-refractivity contribution in [2.75, 3.05) is 0 Å². The van der Waals surface area contributed by atoms with Gasteiger partial charge in [0.1, 0.15) is 5.52 Å². The predicted octanol–water partition coefficient (Wildman–Crippen LogP) is 13.2. The summed E-state index contributed by atoms with van der Waals surface area (Å²) < 4.78 is 9.05. The molecule has 0 amide bonds. The molecular weight excluding hydrogens is 681 g/mol. The fraction of sp³-hybridized carbons (Fsp3) is 0.0833. The van der Waals surface area contributed by atoms with Crippen molar-refractivity contribution in [1.29, 1.82) is 0 Å². The van der Waals surface area contributed by atoms with E-state index < -0.39 is 0 Å². The van der Waals surface area contributed by atoms with E-state index in [1.54, 1.807) is 11.3 Å². The van der Waals surface area contributed by atoms with Gasteiger partial charge in [-0.1, -0.05) is 142 Å². The first-order valence-electron chi connectivity index (χ1n) is 18.1. The molecule has 3 aromatic heterocycles. The first-order valence-corrected chi connectivity index (χ1v) is 19.0. The molecule has 6 heteroatoms. The molecule has 10 aromatic rings. The van der Waals surface area contributed by atoms with Crippen molar-refractivity contribution in [2.24, 2.45) is 0 Å². The molecule has 0 atom stereocenters. The SMILES string of the molecule is CC(C)(C)c1cc2sc3ccc4ccc(-c5nc(-c6ccccc6)nc(-c6ccccc6-c6ccccc6)n5)cc4c3c2c2nc(-c3ccccc3)oc12. The number of rotatable bonds is 5. The van der Waals surface area contributed by atoms with Gasteiger partial charge in [0.2, 0.25) is 5.89 Å². The maximum Gasteiger partial charge on any atom is 0.227 e. The molecule has 258 valence electrons. The molecule has 0 aliphatic heterocycles. The van der Waals surface area contributed by atoms with E-state index >= 15 is 0 Å². The summed E-state index contributed by atoms with van der Waals surface area (Å²) in [5.41, 5.74) is 8.69. The van der Waals surface area contributed by atoms with Crippen LogP contribution in [0.4, 0.5) is 0 Å². The smallest absolute Gasteiger partial charge is 0.227 e. The first kappa shape index (κ1) is 32.2. The van der Waals surface area contributed by atoms with Crippen molar-refractivity contribution >= 4 is 53.4 Å². The number of benzene rings is 7. The van der Waals surface area contributed by atoms with Gasteiger partial charge in [-0.3, -0.25) is 0 Å². The molecule has 0 fully saturated rings. The van der Waals surface area contributed by atoms with Gasteiger partial charge in [-0.2, -0.15) is 0 Å². The van der Waals surface area contributed by atoms with Crippen molar-refractivity contribution in [3.8, 4) is 56.7 Å². The molecular formula is C48H34N4OS. The van der Waals surface area contributed by atoms with Crippen molar-refractivity contribution < 1.29 is 4.42 Å². The van der Waals surface area contributed by atoms with Crippen LogP contribution in [0.2, 0.25) is 0 Å². The zero-order valence-electron chi connectivity index (χ0n) is 30.0. The second kappa shape index (κ2) is 12.6. The molecule has 0 spiro atoms. The summed E-state index contributed by atoms with van der Waals surface area (Å²) in [6, 6.07) is 52.3. The number of hydrogen-bond acceptors (Lipinski definition) is 6. The minimum Gasteiger partial charge on any atom is -0.436 e. The first-order chi connectivity index (χ1) is 26.4. The van der Waals surface area contributed by atoms with Crippen LogP contribution < -0.4 is 0 Å². The summed E-state index contributed by atoms with van der Waals surface area (Å²) in [7, 11) is 0. The zero-order chi connectivity index (χ0) is 36.4. The van der Waals surface area contributed by atoms with E-state index in [0.29, 0.717) is 23.4 Å². The van der Waals surface area contributed by atoms with Gasteiger partial charge in [0.25, 0.3) is 0 Å². The van der Waals surface area contributed by atoms with Gasteiger partial charge in [0.15, 0.2) is 23.1 Å². The monoisotopic (exact) mass is 714 g/mol. The van der Waals surface area contributed by atoms with Crippen LogP contribution in [0.3, 0.4) is 0 Å². The highest BCUT2D eigenvalue weighted by Gasteiger charge is 2.26. The van der Waals surface area contributed by atoms with E-state index in [-0.39, 0.29) is 5.41 Å². The Kier molecular flexibility index (Phi) is 7.49. The van der Waals surface area contributed by atoms with Crippen molar-refractivity contribution in [3.63, 3.8) is 0 Å². The van der Waals surface area contributed by atoms with E-state index in [1.165, 1.54) is 14.8 Å². The quantitative estimate of drug-likeness (QED) is 0.178. The van der Waals surface area contributed by atoms with Crippen molar-refractivity contribution in [3.05, 3.63) is 157 Å². The normalized spacial score (nSPS) is 12.0. The number of nitrogens with zero attached hydrogens (tertiary/aromatic N) is 4. The molecule has 0 aliphatic carbocycles. The number of thiophene rings is 1. The Balaban J connectivity index is 1.23. The summed E-state index contributed by atoms with van der Waals surface area (Å²) in [5, 5.41) is 4.54. The van der Waals surface area contributed by atoms with Gasteiger partial charge in [-0.25, -0.2) is 19.9 Å². The number of aromatic nitrogens is 4. The van der Waals surface area contributed by atoms with E-state index in [2.05, 4.69) is 112 Å². The maximum absolute atomic E-state index is 6.66. The van der Waals surface area contributed by atoms with Gasteiger partial charge >= 0.3 is 0 Å². The lowest BCUT2D eigenvalue weighted by molar-refractivity contribution is 0.562. The van der Waals surface area contributed by atoms with Crippen LogP contribution >= 0.6 is 11.3 Å². The molecule has 10 rings (SSSR count). The molecule has 5 nitrogen and oxygen atoms in total. The molecule has 0 aliphatic rings. The number of oxazole rings is 1. The van der Waals surface area contributed by atoms with Crippen molar-refractivity contribution in [2.45, 2.75) is 26.2 Å². The van der Waals surface area contributed by atoms with Gasteiger partial charge in [-0.15, -0.1) is 11.3 Å². The third-order valence-corrected chi connectivity index (χ3v) is 11.2. The summed E-state index contributed by atoms with van der Waals surface area (Å²) in [4.78, 5) is 20.6. The molecule has 0 N–H and O–H groups in total. The largest absolute Gasteiger partial charge is 0.436 e. The molecule has 3 heterocycles. The van der Waals surface area contributed by atoms with Gasteiger partial charge in [-0.05, 0) is 57.6 Å². The average Bonchev–Trinajstić information content (AvgIpc) is 3.83. The minimum absolute atomic E-state index is 0.142. The van der Waals surface area contributed by atoms with E-state index in [9.17, 15) is 0 Å². The van der Waals surface area contributed by atoms with Crippen LogP contribution in [0.1, 0.15) is 26.3 Å². The highest BCUT2D eigenvalue weighted by Crippen LogP contribution is 2.46. The van der Waals surface area contributed by atoms with Gasteiger partial charge in [0.05, 0.1) is 0 Å². The Labute approximate surface area is 316 Å². The average molecular weight is 715 g/mol. The predicted molar refractivity (Wildman–Crippen MR) is 224 cm³/mol. The summed E-state index contributed by atoms with van der Waals surface area (Å²) in [6.07, 6.45) is 0. The van der Waals surface area contributed by atoms with Crippen LogP contribution in [0.5, 0.6) is 0 Å². The molecule has 0 unspecified atom stereocenters. The van der Waals surface area contributed by atoms with Crippen LogP contribution in [-0.4, -0.2) is 19.9 Å². The Bertz CT molecular complexity index is 3020. The fourth-order valence-corrected chi connectivity index (χ4v) is 8.60. The van der Waals surface area contributed by atoms with Crippen LogP contribution in [-0.2, 0) is 5.41 Å². The van der Waals surface area contributed by atoms with Gasteiger partial charge in [0, 0.05) is 48.0 Å². The highest BCUT2D eigenvalue weighted by molar-refractivity contribution is 7.26. The van der Waals surface area contributed by atoms with Crippen LogP contribution in [0, 0.1) is 0 Å². The third-order valence-electron chi connectivity index (χ3n) is 10.1. The topological polar surface area (TPSA) is 64.7 Å². The lowest BCUT2D eigenvalue weighted by Gasteiger charge is -2.19. The fourth-order valence-electron chi connectivity index (χ4n) is 7.43. The molecule has 0 saturated carbocycles. The second-order valence-electron chi connectivity index (χ2n) is 14.7. The maximum atomic E-state index is 6.66. The summed E-state index contributed by atoms with van der Waals surface area (Å²) in [6.45, 7) is 6.70. The van der Waals surface area contributed by atoms with Crippen LogP contribution in [0.25, 0.3) is 98.8 Å². The third kappa shape index (κ3) is 5.46. The van der Waals surface area contributed by atoms with Crippen LogP contribution in [0.15, 0.2) is 156 Å². The highest BCUT2D eigenvalue weighted by atomic mass is 32.1. The number of fused-ring (bicyclic) bond motifs is 7. The Morgan fingerprint density at radius 2 is 1.07 bits per heavy atom. The second-order valence-corrected chi connectivity index (χ2v) is 15.8. The van der Waals surface area contributed by atoms with E-state index in [0.717, 1.165) is 66.2 Å². The lowest BCUT2D eigenvalue weighted by atomic mass is 9.85. The molecule has 7 aromatic carbocycles. The Morgan fingerprint density at radius 3 is 1.78 bits per heavy atom. The molecule has 54 heavy (non-hydrogen) atoms. The van der Waals surface area contributed by atoms with Gasteiger partial charge < -0.3 is 4.42 Å². The number of hydrogen-bond donors (Lipinski definition) is 0. The summed E-state index contributed by atoms with van der Waals surface area (Å²) >= 11 is 1.80. The standard InChI is InChI=1S/C48H34N4OS/c1-48(2,3)37-28-39-41(42-43(37)53-47(49-42)32-19-11-6-12-20-32)40-36-27-33(24-23-30(36)25-26-38(40)54-39)45-50-44(31-17-9-5-10-18-31)51-46(52-45)35-22-14-13-21-34(35)29-15-7-4-8-16-29/h4-28H,1-3H3. The molecule has 0 bridgehead atoms. The Morgan fingerprint density at radius 1 is 0.481 bits per heavy atom. The Hall–Kier alpha value is -6.50. The summed E-state index contributed by atoms with van der Waals surface area (Å²) in [5.74, 6) is 2.51. The minimum atomic E-state index is -0.142. The van der Waals surface area contributed by atoms with E-state index in [4.69, 9.17) is 24.4 Å².